The summed E-state index contributed by atoms with van der Waals surface area (Å²) in [5.41, 5.74) is 2.75. The predicted octanol–water partition coefficient (Wildman–Crippen LogP) is 9.25. The Morgan fingerprint density at radius 2 is 1.49 bits per heavy atom. The molecule has 3 aromatic carbocycles. The van der Waals surface area contributed by atoms with Gasteiger partial charge in [-0.05, 0) is 92.9 Å². The van der Waals surface area contributed by atoms with Gasteiger partial charge in [0.25, 0.3) is 0 Å². The Balaban J connectivity index is 1.45. The van der Waals surface area contributed by atoms with Crippen LogP contribution in [0.4, 0.5) is 16.2 Å². The second-order valence-electron chi connectivity index (χ2n) is 10.9. The van der Waals surface area contributed by atoms with E-state index in [4.69, 9.17) is 62.7 Å². The van der Waals surface area contributed by atoms with Crippen LogP contribution in [0.5, 0.6) is 0 Å². The van der Waals surface area contributed by atoms with Gasteiger partial charge in [-0.15, -0.1) is 23.2 Å². The fourth-order valence-corrected chi connectivity index (χ4v) is 6.11. The highest BCUT2D eigenvalue weighted by Gasteiger charge is 2.67. The molecule has 0 bridgehead atoms. The van der Waals surface area contributed by atoms with Gasteiger partial charge in [0.1, 0.15) is 9.93 Å². The van der Waals surface area contributed by atoms with Crippen LogP contribution in [0.25, 0.3) is 0 Å². The zero-order valence-electron chi connectivity index (χ0n) is 22.6. The maximum atomic E-state index is 13.2. The summed E-state index contributed by atoms with van der Waals surface area (Å²) in [6.07, 6.45) is -0.511. The number of carbonyl (C=O) groups excluding carboxylic acids is 3. The van der Waals surface area contributed by atoms with Crippen LogP contribution >= 0.6 is 58.0 Å². The van der Waals surface area contributed by atoms with E-state index in [-0.39, 0.29) is 22.8 Å². The van der Waals surface area contributed by atoms with Gasteiger partial charge >= 0.3 is 6.09 Å². The highest BCUT2D eigenvalue weighted by Crippen LogP contribution is 2.65. The second kappa shape index (κ2) is 12.0. The van der Waals surface area contributed by atoms with E-state index in [9.17, 15) is 14.4 Å². The Morgan fingerprint density at radius 3 is 2.10 bits per heavy atom. The maximum absolute atomic E-state index is 13.2. The van der Waals surface area contributed by atoms with E-state index in [1.54, 1.807) is 69.3 Å². The number of anilines is 2. The van der Waals surface area contributed by atoms with Crippen molar-refractivity contribution in [1.82, 2.24) is 0 Å². The molecule has 0 radical (unpaired) electrons. The van der Waals surface area contributed by atoms with Crippen LogP contribution in [0.2, 0.25) is 15.1 Å². The number of Topliss-reactive ketones (excluding diaryl/α,β-unsaturated/α-hetero) is 1. The van der Waals surface area contributed by atoms with E-state index < -0.39 is 33.8 Å². The summed E-state index contributed by atoms with van der Waals surface area (Å²) in [6, 6.07) is 14.8. The highest BCUT2D eigenvalue weighted by molar-refractivity contribution is 6.53. The largest absolute Gasteiger partial charge is 0.444 e. The quantitative estimate of drug-likeness (QED) is 0.196. The summed E-state index contributed by atoms with van der Waals surface area (Å²) in [4.78, 5) is 38.4. The molecule has 0 unspecified atom stereocenters. The number of amides is 2. The van der Waals surface area contributed by atoms with Gasteiger partial charge in [-0.25, -0.2) is 4.79 Å². The molecule has 11 heteroatoms. The van der Waals surface area contributed by atoms with E-state index in [1.165, 1.54) is 6.07 Å². The minimum absolute atomic E-state index is 0.0579. The van der Waals surface area contributed by atoms with Crippen molar-refractivity contribution in [2.24, 2.45) is 5.92 Å². The maximum Gasteiger partial charge on any atom is 0.412 e. The SMILES string of the molecule is Cc1cc(NC(=O)OC(C)(C)C)ccc1CC(=O)c1cc(NC(=O)[C@H]2[C@H](c3cc(Cl)cc(Cl)c3)C2(Cl)Cl)ccc1Cl. The molecule has 1 aliphatic rings. The van der Waals surface area contributed by atoms with E-state index in [1.807, 2.05) is 6.92 Å². The second-order valence-corrected chi connectivity index (χ2v) is 13.6. The summed E-state index contributed by atoms with van der Waals surface area (Å²) < 4.78 is 3.94. The Morgan fingerprint density at radius 1 is 0.878 bits per heavy atom. The molecule has 1 aliphatic carbocycles. The lowest BCUT2D eigenvalue weighted by Crippen LogP contribution is -2.27. The number of alkyl halides is 2. The molecule has 0 aromatic heterocycles. The molecule has 0 saturated heterocycles. The molecule has 3 aromatic rings. The number of benzene rings is 3. The third-order valence-corrected chi connectivity index (χ3v) is 8.16. The molecule has 0 aliphatic heterocycles. The van der Waals surface area contributed by atoms with Crippen molar-refractivity contribution >= 4 is 87.2 Å². The fourth-order valence-electron chi connectivity index (χ4n) is 4.52. The molecule has 2 amide bonds. The minimum Gasteiger partial charge on any atom is -0.444 e. The van der Waals surface area contributed by atoms with Gasteiger partial charge in [-0.1, -0.05) is 40.9 Å². The van der Waals surface area contributed by atoms with E-state index in [0.29, 0.717) is 27.0 Å². The third-order valence-electron chi connectivity index (χ3n) is 6.45. The first-order valence-corrected chi connectivity index (χ1v) is 14.5. The molecular weight excluding hydrogens is 630 g/mol. The number of hydrogen-bond acceptors (Lipinski definition) is 4. The van der Waals surface area contributed by atoms with Gasteiger partial charge in [0, 0.05) is 39.3 Å². The van der Waals surface area contributed by atoms with Gasteiger partial charge in [-0.3, -0.25) is 14.9 Å². The van der Waals surface area contributed by atoms with E-state index in [2.05, 4.69) is 10.6 Å². The van der Waals surface area contributed by atoms with Crippen LogP contribution in [-0.4, -0.2) is 27.7 Å². The molecule has 2 atom stereocenters. The normalized spacial score (nSPS) is 17.5. The van der Waals surface area contributed by atoms with Crippen molar-refractivity contribution in [3.05, 3.63) is 91.9 Å². The summed E-state index contributed by atoms with van der Waals surface area (Å²) in [5.74, 6) is -1.93. The van der Waals surface area contributed by atoms with Crippen molar-refractivity contribution in [2.75, 3.05) is 10.6 Å². The first kappa shape index (κ1) is 31.5. The summed E-state index contributed by atoms with van der Waals surface area (Å²) >= 11 is 31.5. The molecule has 1 saturated carbocycles. The number of rotatable bonds is 7. The lowest BCUT2D eigenvalue weighted by atomic mass is 9.98. The number of nitrogens with one attached hydrogen (secondary N) is 2. The van der Waals surface area contributed by atoms with Gasteiger partial charge < -0.3 is 10.1 Å². The first-order valence-electron chi connectivity index (χ1n) is 12.6. The van der Waals surface area contributed by atoms with Gasteiger partial charge in [-0.2, -0.15) is 0 Å². The minimum atomic E-state index is -1.34. The van der Waals surface area contributed by atoms with E-state index >= 15 is 0 Å². The van der Waals surface area contributed by atoms with Crippen molar-refractivity contribution in [2.45, 2.75) is 50.0 Å². The fraction of sp³-hybridized carbons (Fsp3) is 0.300. The summed E-state index contributed by atoms with van der Waals surface area (Å²) in [6.45, 7) is 7.18. The Hall–Kier alpha value is -2.48. The number of hydrogen-bond donors (Lipinski definition) is 2. The van der Waals surface area contributed by atoms with Crippen LogP contribution in [0.3, 0.4) is 0 Å². The molecule has 2 N–H and O–H groups in total. The number of halogens is 5. The van der Waals surface area contributed by atoms with Crippen LogP contribution in [0.15, 0.2) is 54.6 Å². The number of ketones is 1. The number of ether oxygens (including phenoxy) is 1. The zero-order chi connectivity index (χ0) is 30.3. The smallest absolute Gasteiger partial charge is 0.412 e. The molecule has 0 spiro atoms. The number of carbonyl (C=O) groups is 3. The van der Waals surface area contributed by atoms with E-state index in [0.717, 1.165) is 11.1 Å². The monoisotopic (exact) mass is 654 g/mol. The zero-order valence-corrected chi connectivity index (χ0v) is 26.4. The third kappa shape index (κ3) is 7.68. The predicted molar refractivity (Wildman–Crippen MR) is 166 cm³/mol. The Labute approximate surface area is 263 Å². The Bertz CT molecular complexity index is 1510. The lowest BCUT2D eigenvalue weighted by Gasteiger charge is -2.20. The van der Waals surface area contributed by atoms with Crippen molar-refractivity contribution in [3.8, 4) is 0 Å². The molecular formula is C30H27Cl5N2O4. The molecule has 216 valence electrons. The van der Waals surface area contributed by atoms with Gasteiger partial charge in [0.15, 0.2) is 5.78 Å². The number of aryl methyl sites for hydroxylation is 1. The van der Waals surface area contributed by atoms with Crippen molar-refractivity contribution < 1.29 is 19.1 Å². The summed E-state index contributed by atoms with van der Waals surface area (Å²) in [5, 5.41) is 6.54. The van der Waals surface area contributed by atoms with Crippen molar-refractivity contribution in [3.63, 3.8) is 0 Å². The molecule has 1 fully saturated rings. The topological polar surface area (TPSA) is 84.5 Å². The standard InChI is InChI=1S/C30H27Cl5N2O4/c1-15-9-20(37-28(40)41-29(2,3)4)6-5-16(15)12-24(38)22-14-21(7-8-23(22)33)36-27(39)26-25(30(26,34)35)17-10-18(31)13-19(32)11-17/h5-11,13-14,25-26H,12H2,1-4H3,(H,36,39)(H,37,40)/t25-,26+/m0/s1. The van der Waals surface area contributed by atoms with Crippen LogP contribution < -0.4 is 10.6 Å². The lowest BCUT2D eigenvalue weighted by molar-refractivity contribution is -0.117. The van der Waals surface area contributed by atoms with Gasteiger partial charge in [0.05, 0.1) is 10.9 Å². The molecule has 41 heavy (non-hydrogen) atoms. The average molecular weight is 657 g/mol. The first-order chi connectivity index (χ1) is 19.0. The van der Waals surface area contributed by atoms with Gasteiger partial charge in [0.2, 0.25) is 5.91 Å². The average Bonchev–Trinajstić information content (AvgIpc) is 3.42. The highest BCUT2D eigenvalue weighted by atomic mass is 35.5. The molecule has 0 heterocycles. The Kier molecular flexibility index (Phi) is 9.22. The van der Waals surface area contributed by atoms with Crippen LogP contribution in [0, 0.1) is 12.8 Å². The van der Waals surface area contributed by atoms with Crippen molar-refractivity contribution in [1.29, 1.82) is 0 Å². The summed E-state index contributed by atoms with van der Waals surface area (Å²) in [7, 11) is 0. The van der Waals surface area contributed by atoms with Crippen LogP contribution in [0.1, 0.15) is 53.7 Å². The molecule has 6 nitrogen and oxygen atoms in total. The molecule has 4 rings (SSSR count). The van der Waals surface area contributed by atoms with Crippen LogP contribution in [-0.2, 0) is 16.0 Å².